The minimum atomic E-state index is 0.0300. The van der Waals surface area contributed by atoms with Gasteiger partial charge >= 0.3 is 0 Å². The molecule has 2 atom stereocenters. The van der Waals surface area contributed by atoms with E-state index in [2.05, 4.69) is 24.1 Å². The number of likely N-dealkylation sites (N-methyl/N-ethyl adjacent to an activating group) is 1. The molecule has 0 spiro atoms. The van der Waals surface area contributed by atoms with Crippen molar-refractivity contribution in [2.75, 3.05) is 26.3 Å². The van der Waals surface area contributed by atoms with Gasteiger partial charge in [-0.25, -0.2) is 0 Å². The second kappa shape index (κ2) is 6.53. The lowest BCUT2D eigenvalue weighted by atomic mass is 10.0. The van der Waals surface area contributed by atoms with Gasteiger partial charge in [0.05, 0.1) is 19.1 Å². The number of carbonyl (C=O) groups is 1. The summed E-state index contributed by atoms with van der Waals surface area (Å²) in [6.45, 7) is 7.35. The molecule has 1 amide bonds. The smallest absolute Gasteiger partial charge is 0.229 e. The third-order valence-electron chi connectivity index (χ3n) is 3.89. The molecule has 0 aromatic carbocycles. The van der Waals surface area contributed by atoms with Crippen LogP contribution in [0.25, 0.3) is 0 Å². The lowest BCUT2D eigenvalue weighted by Crippen LogP contribution is -2.46. The molecular weight excluding hydrogens is 228 g/mol. The van der Waals surface area contributed by atoms with Crippen molar-refractivity contribution < 1.29 is 9.53 Å². The molecule has 2 rings (SSSR count). The molecule has 1 heterocycles. The van der Waals surface area contributed by atoms with Crippen LogP contribution in [-0.2, 0) is 9.53 Å². The van der Waals surface area contributed by atoms with Gasteiger partial charge in [-0.05, 0) is 25.8 Å². The van der Waals surface area contributed by atoms with Crippen molar-refractivity contribution in [3.05, 3.63) is 0 Å². The molecule has 0 bridgehead atoms. The van der Waals surface area contributed by atoms with E-state index in [1.54, 1.807) is 0 Å². The molecule has 2 aliphatic rings. The summed E-state index contributed by atoms with van der Waals surface area (Å²) in [6, 6.07) is 0.734. The van der Waals surface area contributed by atoms with Gasteiger partial charge < -0.3 is 15.0 Å². The first kappa shape index (κ1) is 13.8. The van der Waals surface area contributed by atoms with E-state index in [0.29, 0.717) is 25.2 Å². The van der Waals surface area contributed by atoms with E-state index in [-0.39, 0.29) is 12.0 Å². The molecule has 1 saturated carbocycles. The van der Waals surface area contributed by atoms with Crippen molar-refractivity contribution in [1.29, 1.82) is 0 Å². The zero-order valence-corrected chi connectivity index (χ0v) is 11.7. The maximum Gasteiger partial charge on any atom is 0.229 e. The van der Waals surface area contributed by atoms with E-state index >= 15 is 0 Å². The summed E-state index contributed by atoms with van der Waals surface area (Å²) in [5, 5.41) is 3.37. The van der Waals surface area contributed by atoms with Crippen molar-refractivity contribution in [1.82, 2.24) is 10.2 Å². The topological polar surface area (TPSA) is 41.6 Å². The molecule has 1 aliphatic carbocycles. The average Bonchev–Trinajstić information content (AvgIpc) is 3.09. The highest BCUT2D eigenvalue weighted by Crippen LogP contribution is 2.30. The van der Waals surface area contributed by atoms with Crippen molar-refractivity contribution in [3.63, 3.8) is 0 Å². The van der Waals surface area contributed by atoms with Crippen LogP contribution in [0.2, 0.25) is 0 Å². The molecule has 1 N–H and O–H groups in total. The summed E-state index contributed by atoms with van der Waals surface area (Å²) in [7, 11) is 0. The van der Waals surface area contributed by atoms with Crippen molar-refractivity contribution in [2.45, 2.75) is 51.6 Å². The van der Waals surface area contributed by atoms with Crippen LogP contribution >= 0.6 is 0 Å². The van der Waals surface area contributed by atoms with Crippen molar-refractivity contribution >= 4 is 5.91 Å². The predicted octanol–water partition coefficient (Wildman–Crippen LogP) is 1.40. The number of hydrogen-bond acceptors (Lipinski definition) is 3. The van der Waals surface area contributed by atoms with Gasteiger partial charge in [-0.1, -0.05) is 20.3 Å². The average molecular weight is 254 g/mol. The Balaban J connectivity index is 1.94. The van der Waals surface area contributed by atoms with Crippen LogP contribution in [0.4, 0.5) is 0 Å². The number of ether oxygens (including phenoxy) is 1. The minimum absolute atomic E-state index is 0.0300. The Kier molecular flexibility index (Phi) is 5.01. The van der Waals surface area contributed by atoms with Gasteiger partial charge in [-0.2, -0.15) is 0 Å². The summed E-state index contributed by atoms with van der Waals surface area (Å²) < 4.78 is 5.49. The SMILES string of the molecule is CCCCN(C(=O)C1COCC1NCC)C1CC1. The van der Waals surface area contributed by atoms with E-state index in [4.69, 9.17) is 4.74 Å². The number of hydrogen-bond donors (Lipinski definition) is 1. The molecular formula is C14H26N2O2. The van der Waals surface area contributed by atoms with Crippen LogP contribution in [0.3, 0.4) is 0 Å². The summed E-state index contributed by atoms with van der Waals surface area (Å²) >= 11 is 0. The fourth-order valence-electron chi connectivity index (χ4n) is 2.66. The van der Waals surface area contributed by atoms with E-state index in [0.717, 1.165) is 25.9 Å². The second-order valence-corrected chi connectivity index (χ2v) is 5.42. The van der Waals surface area contributed by atoms with Crippen molar-refractivity contribution in [2.24, 2.45) is 5.92 Å². The predicted molar refractivity (Wildman–Crippen MR) is 71.4 cm³/mol. The number of amides is 1. The highest BCUT2D eigenvalue weighted by Gasteiger charge is 2.40. The lowest BCUT2D eigenvalue weighted by Gasteiger charge is -2.27. The molecule has 0 radical (unpaired) electrons. The highest BCUT2D eigenvalue weighted by molar-refractivity contribution is 5.80. The number of carbonyl (C=O) groups excluding carboxylic acids is 1. The van der Waals surface area contributed by atoms with Gasteiger partial charge in [0.25, 0.3) is 0 Å². The normalized spacial score (nSPS) is 27.4. The van der Waals surface area contributed by atoms with Crippen LogP contribution < -0.4 is 5.32 Å². The van der Waals surface area contributed by atoms with Crippen molar-refractivity contribution in [3.8, 4) is 0 Å². The molecule has 4 nitrogen and oxygen atoms in total. The van der Waals surface area contributed by atoms with Gasteiger partial charge in [-0.15, -0.1) is 0 Å². The van der Waals surface area contributed by atoms with Crippen LogP contribution in [0.1, 0.15) is 39.5 Å². The molecule has 2 unspecified atom stereocenters. The van der Waals surface area contributed by atoms with E-state index < -0.39 is 0 Å². The first-order valence-electron chi connectivity index (χ1n) is 7.39. The van der Waals surface area contributed by atoms with Gasteiger partial charge in [0, 0.05) is 18.6 Å². The Morgan fingerprint density at radius 2 is 2.11 bits per heavy atom. The Morgan fingerprint density at radius 3 is 2.72 bits per heavy atom. The van der Waals surface area contributed by atoms with Gasteiger partial charge in [0.2, 0.25) is 5.91 Å². The molecule has 104 valence electrons. The van der Waals surface area contributed by atoms with E-state index in [1.807, 2.05) is 0 Å². The largest absolute Gasteiger partial charge is 0.379 e. The van der Waals surface area contributed by atoms with E-state index in [9.17, 15) is 4.79 Å². The maximum absolute atomic E-state index is 12.6. The van der Waals surface area contributed by atoms with Crippen LogP contribution in [0, 0.1) is 5.92 Å². The Labute approximate surface area is 110 Å². The highest BCUT2D eigenvalue weighted by atomic mass is 16.5. The lowest BCUT2D eigenvalue weighted by molar-refractivity contribution is -0.136. The Hall–Kier alpha value is -0.610. The number of nitrogens with zero attached hydrogens (tertiary/aromatic N) is 1. The Morgan fingerprint density at radius 1 is 1.33 bits per heavy atom. The number of rotatable bonds is 7. The molecule has 2 fully saturated rings. The Bertz CT molecular complexity index is 275. The second-order valence-electron chi connectivity index (χ2n) is 5.42. The zero-order chi connectivity index (χ0) is 13.0. The third-order valence-corrected chi connectivity index (χ3v) is 3.89. The summed E-state index contributed by atoms with van der Waals surface area (Å²) in [5.74, 6) is 0.344. The summed E-state index contributed by atoms with van der Waals surface area (Å²) in [5.41, 5.74) is 0. The first-order chi connectivity index (χ1) is 8.77. The van der Waals surface area contributed by atoms with E-state index in [1.165, 1.54) is 12.8 Å². The quantitative estimate of drug-likeness (QED) is 0.747. The van der Waals surface area contributed by atoms with Gasteiger partial charge in [0.15, 0.2) is 0 Å². The molecule has 1 aliphatic heterocycles. The fraction of sp³-hybridized carbons (Fsp3) is 0.929. The third kappa shape index (κ3) is 3.23. The molecule has 0 aromatic rings. The summed E-state index contributed by atoms with van der Waals surface area (Å²) in [6.07, 6.45) is 4.64. The van der Waals surface area contributed by atoms with Crippen LogP contribution in [-0.4, -0.2) is 49.2 Å². The summed E-state index contributed by atoms with van der Waals surface area (Å²) in [4.78, 5) is 14.7. The first-order valence-corrected chi connectivity index (χ1v) is 7.39. The number of nitrogens with one attached hydrogen (secondary N) is 1. The standard InChI is InChI=1S/C14H26N2O2/c1-3-5-8-16(11-6-7-11)14(17)12-9-18-10-13(12)15-4-2/h11-13,15H,3-10H2,1-2H3. The molecule has 0 aromatic heterocycles. The minimum Gasteiger partial charge on any atom is -0.379 e. The van der Waals surface area contributed by atoms with Crippen LogP contribution in [0.5, 0.6) is 0 Å². The fourth-order valence-corrected chi connectivity index (χ4v) is 2.66. The number of unbranched alkanes of at least 4 members (excludes halogenated alkanes) is 1. The van der Waals surface area contributed by atoms with Gasteiger partial charge in [0.1, 0.15) is 0 Å². The van der Waals surface area contributed by atoms with Gasteiger partial charge in [-0.3, -0.25) is 4.79 Å². The molecule has 1 saturated heterocycles. The molecule has 4 heteroatoms. The molecule has 18 heavy (non-hydrogen) atoms. The monoisotopic (exact) mass is 254 g/mol. The maximum atomic E-state index is 12.6. The zero-order valence-electron chi connectivity index (χ0n) is 11.7. The van der Waals surface area contributed by atoms with Crippen LogP contribution in [0.15, 0.2) is 0 Å².